The molecule has 1 rings (SSSR count). The Morgan fingerprint density at radius 1 is 1.44 bits per heavy atom. The van der Waals surface area contributed by atoms with Crippen LogP contribution >= 0.6 is 0 Å². The van der Waals surface area contributed by atoms with Gasteiger partial charge < -0.3 is 9.84 Å². The van der Waals surface area contributed by atoms with Crippen LogP contribution in [-0.2, 0) is 6.61 Å². The minimum atomic E-state index is -5.10. The normalized spacial score (nSPS) is 11.4. The number of hydrogen-bond donors (Lipinski definition) is 1. The number of ether oxygens (including phenoxy) is 1. The van der Waals surface area contributed by atoms with E-state index in [-0.39, 0.29) is 0 Å². The zero-order chi connectivity index (χ0) is 13.9. The van der Waals surface area contributed by atoms with Crippen molar-refractivity contribution in [3.05, 3.63) is 22.9 Å². The predicted molar refractivity (Wildman–Crippen MR) is 46.5 cm³/mol. The van der Waals surface area contributed by atoms with Crippen molar-refractivity contribution in [1.82, 2.24) is 4.98 Å². The zero-order valence-corrected chi connectivity index (χ0v) is 8.50. The third-order valence-corrected chi connectivity index (χ3v) is 1.89. The fourth-order valence-electron chi connectivity index (χ4n) is 1.19. The van der Waals surface area contributed by atoms with E-state index >= 15 is 0 Å². The quantitative estimate of drug-likeness (QED) is 0.854. The van der Waals surface area contributed by atoms with E-state index in [1.807, 2.05) is 0 Å². The molecular formula is C9H5F5N2O2. The van der Waals surface area contributed by atoms with Crippen LogP contribution in [-0.4, -0.2) is 16.5 Å². The molecule has 1 aromatic rings. The van der Waals surface area contributed by atoms with E-state index in [4.69, 9.17) is 10.4 Å². The highest BCUT2D eigenvalue weighted by Gasteiger charge is 2.34. The van der Waals surface area contributed by atoms with Gasteiger partial charge in [0.05, 0.1) is 23.3 Å². The highest BCUT2D eigenvalue weighted by molar-refractivity contribution is 5.48. The summed E-state index contributed by atoms with van der Waals surface area (Å²) in [5, 5.41) is 17.5. The van der Waals surface area contributed by atoms with Crippen LogP contribution in [0.1, 0.15) is 23.1 Å². The lowest BCUT2D eigenvalue weighted by Crippen LogP contribution is -2.20. The maximum Gasteiger partial charge on any atom is 0.574 e. The van der Waals surface area contributed by atoms with E-state index < -0.39 is 42.0 Å². The van der Waals surface area contributed by atoms with Gasteiger partial charge in [-0.3, -0.25) is 0 Å². The first-order chi connectivity index (χ1) is 8.30. The summed E-state index contributed by atoms with van der Waals surface area (Å²) in [7, 11) is 0. The molecule has 0 radical (unpaired) electrons. The Morgan fingerprint density at radius 2 is 2.06 bits per heavy atom. The topological polar surface area (TPSA) is 66.1 Å². The van der Waals surface area contributed by atoms with Gasteiger partial charge >= 0.3 is 6.36 Å². The molecule has 0 aliphatic carbocycles. The Labute approximate surface area is 97.2 Å². The van der Waals surface area contributed by atoms with Gasteiger partial charge in [0.1, 0.15) is 6.07 Å². The lowest BCUT2D eigenvalue weighted by Gasteiger charge is -2.13. The molecule has 9 heteroatoms. The number of nitriles is 1. The molecule has 0 atom stereocenters. The lowest BCUT2D eigenvalue weighted by molar-refractivity contribution is -0.276. The number of pyridine rings is 1. The second-order valence-electron chi connectivity index (χ2n) is 2.99. The molecule has 0 fully saturated rings. The van der Waals surface area contributed by atoms with Crippen LogP contribution in [0.25, 0.3) is 0 Å². The number of aromatic nitrogens is 1. The number of hydrogen-bond acceptors (Lipinski definition) is 4. The van der Waals surface area contributed by atoms with Crippen molar-refractivity contribution in [2.75, 3.05) is 0 Å². The second kappa shape index (κ2) is 5.14. The second-order valence-corrected chi connectivity index (χ2v) is 2.99. The molecular weight excluding hydrogens is 263 g/mol. The van der Waals surface area contributed by atoms with Crippen molar-refractivity contribution in [3.8, 4) is 11.9 Å². The summed E-state index contributed by atoms with van der Waals surface area (Å²) in [6.07, 6.45) is -7.79. The summed E-state index contributed by atoms with van der Waals surface area (Å²) in [5.41, 5.74) is -2.37. The summed E-state index contributed by atoms with van der Waals surface area (Å²) in [6.45, 7) is -1.08. The van der Waals surface area contributed by atoms with Crippen LogP contribution < -0.4 is 4.74 Å². The van der Waals surface area contributed by atoms with E-state index in [2.05, 4.69) is 9.72 Å². The van der Waals surface area contributed by atoms with Gasteiger partial charge in [0.25, 0.3) is 6.43 Å². The average molecular weight is 268 g/mol. The molecule has 1 N–H and O–H groups in total. The van der Waals surface area contributed by atoms with Gasteiger partial charge in [-0.05, 0) is 0 Å². The van der Waals surface area contributed by atoms with Crippen molar-refractivity contribution in [1.29, 1.82) is 5.26 Å². The molecule has 0 amide bonds. The van der Waals surface area contributed by atoms with Gasteiger partial charge in [-0.2, -0.15) is 5.26 Å². The Morgan fingerprint density at radius 3 is 2.44 bits per heavy atom. The van der Waals surface area contributed by atoms with Gasteiger partial charge in [0.2, 0.25) is 5.88 Å². The van der Waals surface area contributed by atoms with E-state index in [1.54, 1.807) is 0 Å². The molecule has 0 bridgehead atoms. The van der Waals surface area contributed by atoms with Crippen molar-refractivity contribution in [2.45, 2.75) is 19.4 Å². The Balaban J connectivity index is 3.36. The molecule has 0 spiro atoms. The van der Waals surface area contributed by atoms with Crippen LogP contribution in [0.5, 0.6) is 5.88 Å². The van der Waals surface area contributed by atoms with Gasteiger partial charge in [0, 0.05) is 6.20 Å². The summed E-state index contributed by atoms with van der Waals surface area (Å²) < 4.78 is 64.3. The molecule has 0 aromatic carbocycles. The largest absolute Gasteiger partial charge is 0.574 e. The van der Waals surface area contributed by atoms with Crippen LogP contribution in [0, 0.1) is 11.3 Å². The predicted octanol–water partition coefficient (Wildman–Crippen LogP) is 2.28. The van der Waals surface area contributed by atoms with Crippen LogP contribution in [0.3, 0.4) is 0 Å². The highest BCUT2D eigenvalue weighted by atomic mass is 19.4. The van der Waals surface area contributed by atoms with Gasteiger partial charge in [0.15, 0.2) is 0 Å². The van der Waals surface area contributed by atoms with Crippen molar-refractivity contribution in [3.63, 3.8) is 0 Å². The van der Waals surface area contributed by atoms with Crippen LogP contribution in [0.4, 0.5) is 22.0 Å². The fraction of sp³-hybridized carbons (Fsp3) is 0.333. The monoisotopic (exact) mass is 268 g/mol. The van der Waals surface area contributed by atoms with Crippen molar-refractivity contribution in [2.24, 2.45) is 0 Å². The molecule has 0 aliphatic heterocycles. The number of rotatable bonds is 3. The summed E-state index contributed by atoms with van der Waals surface area (Å²) in [4.78, 5) is 3.03. The van der Waals surface area contributed by atoms with Gasteiger partial charge in [-0.1, -0.05) is 0 Å². The standard InChI is InChI=1S/C9H5F5N2O2/c10-7(11)5-2-16-8(18-9(12,13)14)6(3-17)4(5)1-15/h2,7,17H,3H2. The molecule has 0 aliphatic rings. The van der Waals surface area contributed by atoms with Crippen LogP contribution in [0.15, 0.2) is 6.20 Å². The van der Waals surface area contributed by atoms with E-state index in [0.29, 0.717) is 6.20 Å². The first-order valence-corrected chi connectivity index (χ1v) is 4.36. The summed E-state index contributed by atoms with van der Waals surface area (Å²) in [6, 6.07) is 1.30. The summed E-state index contributed by atoms with van der Waals surface area (Å²) >= 11 is 0. The first-order valence-electron chi connectivity index (χ1n) is 4.36. The minimum Gasteiger partial charge on any atom is -0.391 e. The third kappa shape index (κ3) is 3.04. The van der Waals surface area contributed by atoms with Gasteiger partial charge in [-0.15, -0.1) is 13.2 Å². The average Bonchev–Trinajstić information content (AvgIpc) is 2.25. The number of halogens is 5. The Hall–Kier alpha value is -1.95. The number of alkyl halides is 5. The molecule has 4 nitrogen and oxygen atoms in total. The van der Waals surface area contributed by atoms with E-state index in [1.165, 1.54) is 6.07 Å². The van der Waals surface area contributed by atoms with Crippen molar-refractivity contribution < 1.29 is 31.8 Å². The van der Waals surface area contributed by atoms with E-state index in [9.17, 15) is 22.0 Å². The first kappa shape index (κ1) is 14.1. The molecule has 0 saturated carbocycles. The molecule has 1 aromatic heterocycles. The molecule has 0 saturated heterocycles. The minimum absolute atomic E-state index is 0.406. The van der Waals surface area contributed by atoms with E-state index in [0.717, 1.165) is 0 Å². The number of nitrogens with zero attached hydrogens (tertiary/aromatic N) is 2. The van der Waals surface area contributed by atoms with Gasteiger partial charge in [-0.25, -0.2) is 13.8 Å². The zero-order valence-electron chi connectivity index (χ0n) is 8.50. The van der Waals surface area contributed by atoms with Crippen molar-refractivity contribution >= 4 is 0 Å². The highest BCUT2D eigenvalue weighted by Crippen LogP contribution is 2.31. The Bertz CT molecular complexity index is 481. The smallest absolute Gasteiger partial charge is 0.391 e. The number of aliphatic hydroxyl groups excluding tert-OH is 1. The fourth-order valence-corrected chi connectivity index (χ4v) is 1.19. The Kier molecular flexibility index (Phi) is 4.03. The number of aliphatic hydroxyl groups is 1. The molecule has 98 valence electrons. The summed E-state index contributed by atoms with van der Waals surface area (Å²) in [5.74, 6) is -1.12. The SMILES string of the molecule is N#Cc1c(C(F)F)cnc(OC(F)(F)F)c1CO. The molecule has 0 unspecified atom stereocenters. The maximum atomic E-state index is 12.5. The van der Waals surface area contributed by atoms with Crippen LogP contribution in [0.2, 0.25) is 0 Å². The third-order valence-electron chi connectivity index (χ3n) is 1.89. The lowest BCUT2D eigenvalue weighted by atomic mass is 10.1. The maximum absolute atomic E-state index is 12.5. The molecule has 18 heavy (non-hydrogen) atoms. The molecule has 1 heterocycles.